The molecule has 8 heteroatoms. The first-order chi connectivity index (χ1) is 12.9. The molecule has 1 fully saturated rings. The van der Waals surface area contributed by atoms with E-state index >= 15 is 0 Å². The molecular weight excluding hydrogens is 367 g/mol. The van der Waals surface area contributed by atoms with E-state index in [-0.39, 0.29) is 11.5 Å². The molecule has 2 amide bonds. The van der Waals surface area contributed by atoms with Crippen LogP contribution < -0.4 is 10.6 Å². The van der Waals surface area contributed by atoms with Gasteiger partial charge in [-0.15, -0.1) is 11.3 Å². The van der Waals surface area contributed by atoms with E-state index in [9.17, 15) is 14.0 Å². The lowest BCUT2D eigenvalue weighted by atomic mass is 9.99. The van der Waals surface area contributed by atoms with Crippen LogP contribution in [-0.2, 0) is 11.3 Å². The zero-order valence-corrected chi connectivity index (χ0v) is 16.2. The van der Waals surface area contributed by atoms with Crippen molar-refractivity contribution in [3.8, 4) is 0 Å². The minimum Gasteiger partial charge on any atom is -0.326 e. The zero-order valence-electron chi connectivity index (χ0n) is 15.4. The Labute approximate surface area is 161 Å². The molecule has 0 aliphatic carbocycles. The summed E-state index contributed by atoms with van der Waals surface area (Å²) in [5.74, 6) is -0.757. The third-order valence-electron chi connectivity index (χ3n) is 4.57. The molecule has 0 bridgehead atoms. The second kappa shape index (κ2) is 8.58. The van der Waals surface area contributed by atoms with Gasteiger partial charge >= 0.3 is 0 Å². The Kier molecular flexibility index (Phi) is 6.18. The number of rotatable bonds is 5. The number of anilines is 2. The molecule has 2 heterocycles. The molecule has 0 atom stereocenters. The average molecular weight is 390 g/mol. The molecule has 2 N–H and O–H groups in total. The van der Waals surface area contributed by atoms with Gasteiger partial charge in [-0.1, -0.05) is 6.92 Å². The molecule has 0 spiro atoms. The van der Waals surface area contributed by atoms with Crippen LogP contribution >= 0.6 is 11.3 Å². The van der Waals surface area contributed by atoms with E-state index in [0.717, 1.165) is 37.3 Å². The number of hydrogen-bond donors (Lipinski definition) is 2. The Balaban J connectivity index is 1.63. The summed E-state index contributed by atoms with van der Waals surface area (Å²) >= 11 is 1.32. The number of nitrogens with zero attached hydrogens (tertiary/aromatic N) is 2. The van der Waals surface area contributed by atoms with E-state index in [2.05, 4.69) is 27.4 Å². The van der Waals surface area contributed by atoms with Gasteiger partial charge in [0.2, 0.25) is 5.91 Å². The van der Waals surface area contributed by atoms with Gasteiger partial charge in [0, 0.05) is 24.5 Å². The monoisotopic (exact) mass is 390 g/mol. The number of carbonyl (C=O) groups excluding carboxylic acids is 2. The zero-order chi connectivity index (χ0) is 19.4. The molecule has 144 valence electrons. The molecule has 1 aliphatic rings. The standard InChI is InChI=1S/C19H23FN4O2S/c1-12-5-7-24(8-6-12)10-15-11-27-19(22-15)23-18(26)16-9-14(21-13(2)25)3-4-17(16)20/h3-4,9,11-12H,5-8,10H2,1-2H3,(H,21,25)(H,22,23,26). The number of amides is 2. The Morgan fingerprint density at radius 3 is 2.74 bits per heavy atom. The van der Waals surface area contributed by atoms with Crippen LogP contribution in [0.1, 0.15) is 42.7 Å². The molecule has 1 aliphatic heterocycles. The van der Waals surface area contributed by atoms with Crippen LogP contribution in [0.25, 0.3) is 0 Å². The number of halogens is 1. The topological polar surface area (TPSA) is 74.3 Å². The number of benzene rings is 1. The minimum atomic E-state index is -0.652. The molecule has 0 unspecified atom stereocenters. The Morgan fingerprint density at radius 1 is 1.30 bits per heavy atom. The highest BCUT2D eigenvalue weighted by Gasteiger charge is 2.18. The second-order valence-corrected chi connectivity index (χ2v) is 7.79. The first kappa shape index (κ1) is 19.4. The maximum atomic E-state index is 14.0. The van der Waals surface area contributed by atoms with Crippen molar-refractivity contribution in [2.24, 2.45) is 5.92 Å². The van der Waals surface area contributed by atoms with Crippen molar-refractivity contribution in [1.29, 1.82) is 0 Å². The van der Waals surface area contributed by atoms with E-state index in [1.54, 1.807) is 0 Å². The van der Waals surface area contributed by atoms with Gasteiger partial charge in [0.1, 0.15) is 5.82 Å². The van der Waals surface area contributed by atoms with Crippen LogP contribution in [0.2, 0.25) is 0 Å². The van der Waals surface area contributed by atoms with Crippen LogP contribution in [-0.4, -0.2) is 34.8 Å². The van der Waals surface area contributed by atoms with Crippen molar-refractivity contribution < 1.29 is 14.0 Å². The van der Waals surface area contributed by atoms with Gasteiger partial charge in [-0.2, -0.15) is 0 Å². The summed E-state index contributed by atoms with van der Waals surface area (Å²) in [6.45, 7) is 6.49. The molecule has 27 heavy (non-hydrogen) atoms. The van der Waals surface area contributed by atoms with Crippen molar-refractivity contribution >= 4 is 34.0 Å². The van der Waals surface area contributed by atoms with E-state index in [1.165, 1.54) is 43.2 Å². The van der Waals surface area contributed by atoms with Gasteiger partial charge in [0.15, 0.2) is 5.13 Å². The fourth-order valence-corrected chi connectivity index (χ4v) is 3.73. The van der Waals surface area contributed by atoms with E-state index < -0.39 is 11.7 Å². The van der Waals surface area contributed by atoms with Crippen LogP contribution in [0.5, 0.6) is 0 Å². The Morgan fingerprint density at radius 2 is 2.04 bits per heavy atom. The van der Waals surface area contributed by atoms with Crippen molar-refractivity contribution in [2.75, 3.05) is 23.7 Å². The lowest BCUT2D eigenvalue weighted by Gasteiger charge is -2.29. The smallest absolute Gasteiger partial charge is 0.260 e. The molecule has 1 aromatic carbocycles. The highest BCUT2D eigenvalue weighted by molar-refractivity contribution is 7.14. The summed E-state index contributed by atoms with van der Waals surface area (Å²) < 4.78 is 14.0. The van der Waals surface area contributed by atoms with Crippen LogP contribution in [0.15, 0.2) is 23.6 Å². The van der Waals surface area contributed by atoms with Gasteiger partial charge in [0.25, 0.3) is 5.91 Å². The maximum absolute atomic E-state index is 14.0. The normalized spacial score (nSPS) is 15.5. The van der Waals surface area contributed by atoms with E-state index in [4.69, 9.17) is 0 Å². The third-order valence-corrected chi connectivity index (χ3v) is 5.37. The molecular formula is C19H23FN4O2S. The number of likely N-dealkylation sites (tertiary alicyclic amines) is 1. The highest BCUT2D eigenvalue weighted by Crippen LogP contribution is 2.22. The predicted molar refractivity (Wildman–Crippen MR) is 104 cm³/mol. The first-order valence-electron chi connectivity index (χ1n) is 8.96. The summed E-state index contributed by atoms with van der Waals surface area (Å²) in [6.07, 6.45) is 2.38. The first-order valence-corrected chi connectivity index (χ1v) is 9.84. The summed E-state index contributed by atoms with van der Waals surface area (Å²) in [7, 11) is 0. The predicted octanol–water partition coefficient (Wildman–Crippen LogP) is 3.72. The quantitative estimate of drug-likeness (QED) is 0.816. The van der Waals surface area contributed by atoms with Gasteiger partial charge in [-0.05, 0) is 50.0 Å². The molecule has 6 nitrogen and oxygen atoms in total. The van der Waals surface area contributed by atoms with Crippen molar-refractivity contribution in [3.05, 3.63) is 40.7 Å². The number of thiazole rings is 1. The summed E-state index contributed by atoms with van der Waals surface area (Å²) in [5.41, 5.74) is 1.13. The third kappa shape index (κ3) is 5.33. The van der Waals surface area contributed by atoms with Gasteiger partial charge in [-0.3, -0.25) is 19.8 Å². The van der Waals surface area contributed by atoms with Gasteiger partial charge < -0.3 is 5.32 Å². The lowest BCUT2D eigenvalue weighted by Crippen LogP contribution is -2.32. The van der Waals surface area contributed by atoms with Gasteiger partial charge in [-0.25, -0.2) is 9.37 Å². The molecule has 2 aromatic rings. The molecule has 0 saturated carbocycles. The summed E-state index contributed by atoms with van der Waals surface area (Å²) in [6, 6.07) is 3.88. The van der Waals surface area contributed by atoms with Gasteiger partial charge in [0.05, 0.1) is 11.3 Å². The number of hydrogen-bond acceptors (Lipinski definition) is 5. The molecule has 3 rings (SSSR count). The van der Waals surface area contributed by atoms with Crippen LogP contribution in [0, 0.1) is 11.7 Å². The molecule has 1 aromatic heterocycles. The summed E-state index contributed by atoms with van der Waals surface area (Å²) in [5, 5.41) is 7.53. The SMILES string of the molecule is CC(=O)Nc1ccc(F)c(C(=O)Nc2nc(CN3CCC(C)CC3)cs2)c1. The Bertz CT molecular complexity index is 831. The summed E-state index contributed by atoms with van der Waals surface area (Å²) in [4.78, 5) is 30.3. The maximum Gasteiger partial charge on any atom is 0.260 e. The van der Waals surface area contributed by atoms with Crippen molar-refractivity contribution in [1.82, 2.24) is 9.88 Å². The number of nitrogens with one attached hydrogen (secondary N) is 2. The lowest BCUT2D eigenvalue weighted by molar-refractivity contribution is -0.114. The minimum absolute atomic E-state index is 0.136. The molecule has 1 saturated heterocycles. The highest BCUT2D eigenvalue weighted by atomic mass is 32.1. The van der Waals surface area contributed by atoms with Crippen molar-refractivity contribution in [3.63, 3.8) is 0 Å². The largest absolute Gasteiger partial charge is 0.326 e. The van der Waals surface area contributed by atoms with E-state index in [0.29, 0.717) is 10.8 Å². The fraction of sp³-hybridized carbons (Fsp3) is 0.421. The average Bonchev–Trinajstić information content (AvgIpc) is 3.05. The number of carbonyl (C=O) groups is 2. The fourth-order valence-electron chi connectivity index (χ4n) is 3.03. The Hall–Kier alpha value is -2.32. The van der Waals surface area contributed by atoms with Crippen LogP contribution in [0.3, 0.4) is 0 Å². The number of piperidine rings is 1. The van der Waals surface area contributed by atoms with Crippen LogP contribution in [0.4, 0.5) is 15.2 Å². The number of aromatic nitrogens is 1. The van der Waals surface area contributed by atoms with Crippen molar-refractivity contribution in [2.45, 2.75) is 33.2 Å². The molecule has 0 radical (unpaired) electrons. The van der Waals surface area contributed by atoms with E-state index in [1.807, 2.05) is 5.38 Å². The second-order valence-electron chi connectivity index (χ2n) is 6.93.